The maximum atomic E-state index is 11.3. The van der Waals surface area contributed by atoms with E-state index in [4.69, 9.17) is 4.74 Å². The van der Waals surface area contributed by atoms with Crippen molar-refractivity contribution in [3.63, 3.8) is 0 Å². The van der Waals surface area contributed by atoms with E-state index >= 15 is 0 Å². The van der Waals surface area contributed by atoms with Crippen molar-refractivity contribution in [2.75, 3.05) is 44.2 Å². The molecule has 4 rings (SSSR count). The molecular weight excluding hydrogens is 386 g/mol. The number of benzene rings is 1. The van der Waals surface area contributed by atoms with Gasteiger partial charge in [0.15, 0.2) is 17.3 Å². The number of phenolic OH excluding ortho intramolecular Hbond substituents is 1. The first-order chi connectivity index (χ1) is 14.1. The summed E-state index contributed by atoms with van der Waals surface area (Å²) < 4.78 is 5.69. The monoisotopic (exact) mass is 411 g/mol. The van der Waals surface area contributed by atoms with Crippen molar-refractivity contribution >= 4 is 33.0 Å². The zero-order valence-corrected chi connectivity index (χ0v) is 17.3. The molecule has 152 valence electrons. The molecule has 7 heteroatoms. The summed E-state index contributed by atoms with van der Waals surface area (Å²) in [6, 6.07) is 8.95. The standard InChI is InChI=1S/C22H25N3O3S/c1-16(26)17-5-6-21(20(27)14-17)28-13-3-8-24-9-11-25(12-10-24)19-15-29-22-18(19)4-2-7-23-22/h2,4-7,14-15,27H,3,8-13H2,1H3. The molecule has 1 aliphatic rings. The van der Waals surface area contributed by atoms with Gasteiger partial charge in [-0.05, 0) is 43.7 Å². The van der Waals surface area contributed by atoms with Crippen molar-refractivity contribution in [1.82, 2.24) is 9.88 Å². The molecule has 1 fully saturated rings. The van der Waals surface area contributed by atoms with Crippen molar-refractivity contribution in [3.05, 3.63) is 47.5 Å². The molecule has 1 N–H and O–H groups in total. The summed E-state index contributed by atoms with van der Waals surface area (Å²) in [5, 5.41) is 13.4. The number of carbonyl (C=O) groups excluding carboxylic acids is 1. The van der Waals surface area contributed by atoms with E-state index in [0.29, 0.717) is 17.9 Å². The zero-order valence-electron chi connectivity index (χ0n) is 16.5. The molecule has 29 heavy (non-hydrogen) atoms. The lowest BCUT2D eigenvalue weighted by atomic mass is 10.1. The van der Waals surface area contributed by atoms with E-state index in [1.807, 2.05) is 12.3 Å². The van der Waals surface area contributed by atoms with Crippen LogP contribution in [0.4, 0.5) is 5.69 Å². The highest BCUT2D eigenvalue weighted by Gasteiger charge is 2.19. The molecule has 0 unspecified atom stereocenters. The summed E-state index contributed by atoms with van der Waals surface area (Å²) in [4.78, 5) is 21.8. The SMILES string of the molecule is CC(=O)c1ccc(OCCCN2CCN(c3csc4ncccc34)CC2)c(O)c1. The van der Waals surface area contributed by atoms with Gasteiger partial charge < -0.3 is 14.7 Å². The van der Waals surface area contributed by atoms with Crippen LogP contribution in [-0.2, 0) is 0 Å². The molecule has 3 heterocycles. The molecule has 0 amide bonds. The average molecular weight is 412 g/mol. The molecule has 0 radical (unpaired) electrons. The van der Waals surface area contributed by atoms with Gasteiger partial charge in [0.05, 0.1) is 12.3 Å². The minimum Gasteiger partial charge on any atom is -0.504 e. The number of ether oxygens (including phenoxy) is 1. The second-order valence-electron chi connectivity index (χ2n) is 7.25. The molecule has 0 spiro atoms. The molecule has 1 aliphatic heterocycles. The van der Waals surface area contributed by atoms with Crippen LogP contribution >= 0.6 is 11.3 Å². The molecule has 1 aromatic carbocycles. The number of aromatic hydroxyl groups is 1. The van der Waals surface area contributed by atoms with Crippen LogP contribution in [0.3, 0.4) is 0 Å². The first-order valence-corrected chi connectivity index (χ1v) is 10.8. The number of hydrogen-bond donors (Lipinski definition) is 1. The van der Waals surface area contributed by atoms with Crippen LogP contribution in [-0.4, -0.2) is 60.1 Å². The molecule has 0 bridgehead atoms. The van der Waals surface area contributed by atoms with Gasteiger partial charge >= 0.3 is 0 Å². The molecule has 0 saturated carbocycles. The first kappa shape index (κ1) is 19.7. The van der Waals surface area contributed by atoms with Gasteiger partial charge in [-0.1, -0.05) is 0 Å². The predicted molar refractivity (Wildman–Crippen MR) is 116 cm³/mol. The molecule has 0 atom stereocenters. The Balaban J connectivity index is 1.22. The summed E-state index contributed by atoms with van der Waals surface area (Å²) in [6.45, 7) is 7.04. The van der Waals surface area contributed by atoms with Gasteiger partial charge in [0, 0.05) is 55.3 Å². The Bertz CT molecular complexity index is 996. The second-order valence-corrected chi connectivity index (χ2v) is 8.10. The summed E-state index contributed by atoms with van der Waals surface area (Å²) in [5.41, 5.74) is 1.78. The highest BCUT2D eigenvalue weighted by atomic mass is 32.1. The lowest BCUT2D eigenvalue weighted by molar-refractivity contribution is 0.101. The fourth-order valence-corrected chi connectivity index (χ4v) is 4.56. The van der Waals surface area contributed by atoms with Crippen molar-refractivity contribution in [1.29, 1.82) is 0 Å². The number of thiophene rings is 1. The normalized spacial score (nSPS) is 15.0. The number of fused-ring (bicyclic) bond motifs is 1. The van der Waals surface area contributed by atoms with Gasteiger partial charge in [-0.3, -0.25) is 9.69 Å². The van der Waals surface area contributed by atoms with Gasteiger partial charge in [0.1, 0.15) is 4.83 Å². The Hall–Kier alpha value is -2.64. The third-order valence-corrected chi connectivity index (χ3v) is 6.17. The van der Waals surface area contributed by atoms with Crippen LogP contribution in [0.25, 0.3) is 10.2 Å². The topological polar surface area (TPSA) is 65.9 Å². The molecule has 1 saturated heterocycles. The Labute approximate surface area is 174 Å². The Morgan fingerprint density at radius 3 is 2.83 bits per heavy atom. The van der Waals surface area contributed by atoms with Crippen molar-refractivity contribution in [2.45, 2.75) is 13.3 Å². The maximum Gasteiger partial charge on any atom is 0.160 e. The molecule has 6 nitrogen and oxygen atoms in total. The Morgan fingerprint density at radius 2 is 2.07 bits per heavy atom. The van der Waals surface area contributed by atoms with Crippen LogP contribution in [0.15, 0.2) is 41.9 Å². The number of carbonyl (C=O) groups is 1. The third kappa shape index (κ3) is 4.52. The smallest absolute Gasteiger partial charge is 0.160 e. The number of nitrogens with zero attached hydrogens (tertiary/aromatic N) is 3. The van der Waals surface area contributed by atoms with E-state index in [-0.39, 0.29) is 11.5 Å². The fourth-order valence-electron chi connectivity index (χ4n) is 3.64. The number of pyridine rings is 1. The molecule has 3 aromatic rings. The summed E-state index contributed by atoms with van der Waals surface area (Å²) >= 11 is 1.70. The summed E-state index contributed by atoms with van der Waals surface area (Å²) in [6.07, 6.45) is 2.74. The second kappa shape index (κ2) is 8.80. The van der Waals surface area contributed by atoms with Crippen LogP contribution in [0, 0.1) is 0 Å². The van der Waals surface area contributed by atoms with Crippen LogP contribution in [0.2, 0.25) is 0 Å². The lowest BCUT2D eigenvalue weighted by Gasteiger charge is -2.35. The number of anilines is 1. The minimum absolute atomic E-state index is 0.0174. The maximum absolute atomic E-state index is 11.3. The van der Waals surface area contributed by atoms with Crippen molar-refractivity contribution in [2.24, 2.45) is 0 Å². The third-order valence-electron chi connectivity index (χ3n) is 5.28. The van der Waals surface area contributed by atoms with E-state index in [1.165, 1.54) is 24.1 Å². The quantitative estimate of drug-likeness (QED) is 0.471. The van der Waals surface area contributed by atoms with Crippen LogP contribution in [0.1, 0.15) is 23.7 Å². The zero-order chi connectivity index (χ0) is 20.2. The van der Waals surface area contributed by atoms with E-state index in [2.05, 4.69) is 26.2 Å². The number of piperazine rings is 1. The number of aromatic nitrogens is 1. The predicted octanol–water partition coefficient (Wildman–Crippen LogP) is 3.80. The fraction of sp³-hybridized carbons (Fsp3) is 0.364. The van der Waals surface area contributed by atoms with Gasteiger partial charge in [-0.2, -0.15) is 0 Å². The van der Waals surface area contributed by atoms with Crippen molar-refractivity contribution < 1.29 is 14.6 Å². The van der Waals surface area contributed by atoms with Gasteiger partial charge in [-0.15, -0.1) is 11.3 Å². The number of Topliss-reactive ketones (excluding diaryl/α,β-unsaturated/α-hetero) is 1. The van der Waals surface area contributed by atoms with E-state index in [9.17, 15) is 9.90 Å². The van der Waals surface area contributed by atoms with Gasteiger partial charge in [0.2, 0.25) is 0 Å². The summed E-state index contributed by atoms with van der Waals surface area (Å²) in [5.74, 6) is 0.374. The molecule has 2 aromatic heterocycles. The van der Waals surface area contributed by atoms with E-state index in [1.54, 1.807) is 23.5 Å². The van der Waals surface area contributed by atoms with Crippen molar-refractivity contribution in [3.8, 4) is 11.5 Å². The summed E-state index contributed by atoms with van der Waals surface area (Å²) in [7, 11) is 0. The Morgan fingerprint density at radius 1 is 1.24 bits per heavy atom. The first-order valence-electron chi connectivity index (χ1n) is 9.88. The highest BCUT2D eigenvalue weighted by molar-refractivity contribution is 7.17. The van der Waals surface area contributed by atoms with Gasteiger partial charge in [0.25, 0.3) is 0 Å². The number of rotatable bonds is 7. The highest BCUT2D eigenvalue weighted by Crippen LogP contribution is 2.32. The van der Waals surface area contributed by atoms with Crippen LogP contribution in [0.5, 0.6) is 11.5 Å². The average Bonchev–Trinajstić information content (AvgIpc) is 3.16. The molecular formula is C22H25N3O3S. The number of phenols is 1. The van der Waals surface area contributed by atoms with Gasteiger partial charge in [-0.25, -0.2) is 4.98 Å². The van der Waals surface area contributed by atoms with E-state index < -0.39 is 0 Å². The minimum atomic E-state index is -0.0716. The largest absolute Gasteiger partial charge is 0.504 e. The van der Waals surface area contributed by atoms with E-state index in [0.717, 1.165) is 44.0 Å². The number of hydrogen-bond acceptors (Lipinski definition) is 7. The Kier molecular flexibility index (Phi) is 5.97. The molecule has 0 aliphatic carbocycles. The van der Waals surface area contributed by atoms with Crippen LogP contribution < -0.4 is 9.64 Å². The number of ketones is 1. The lowest BCUT2D eigenvalue weighted by Crippen LogP contribution is -2.46.